The molecule has 3 heteroatoms. The molecule has 8 aromatic carbocycles. The Labute approximate surface area is 287 Å². The molecule has 10 aromatic rings. The van der Waals surface area contributed by atoms with Crippen LogP contribution < -0.4 is 4.90 Å². The Morgan fingerprint density at radius 1 is 0.388 bits per heavy atom. The summed E-state index contributed by atoms with van der Waals surface area (Å²) in [4.78, 5) is 2.38. The number of rotatable bonds is 5. The molecule has 0 N–H and O–H groups in total. The van der Waals surface area contributed by atoms with E-state index >= 15 is 0 Å². The Bertz CT molecular complexity index is 2830. The molecule has 10 rings (SSSR count). The summed E-state index contributed by atoms with van der Waals surface area (Å²) in [6.07, 6.45) is 0. The normalized spacial score (nSPS) is 11.7. The van der Waals surface area contributed by atoms with Crippen LogP contribution in [0.15, 0.2) is 180 Å². The van der Waals surface area contributed by atoms with Gasteiger partial charge in [-0.2, -0.15) is 0 Å². The summed E-state index contributed by atoms with van der Waals surface area (Å²) in [5.74, 6) is 0. The van der Waals surface area contributed by atoms with Gasteiger partial charge in [0, 0.05) is 48.0 Å². The monoisotopic (exact) mass is 643 g/mol. The largest absolute Gasteiger partial charge is 0.456 e. The number of nitrogens with zero attached hydrogens (tertiary/aromatic N) is 1. The highest BCUT2D eigenvalue weighted by molar-refractivity contribution is 7.25. The maximum atomic E-state index is 6.26. The average Bonchev–Trinajstić information content (AvgIpc) is 3.74. The summed E-state index contributed by atoms with van der Waals surface area (Å²) >= 11 is 1.85. The molecule has 2 heterocycles. The zero-order chi connectivity index (χ0) is 32.3. The lowest BCUT2D eigenvalue weighted by atomic mass is 9.91. The average molecular weight is 644 g/mol. The fraction of sp³-hybridized carbons (Fsp3) is 0. The molecule has 0 saturated carbocycles. The first kappa shape index (κ1) is 27.9. The molecule has 0 saturated heterocycles. The second-order valence-corrected chi connectivity index (χ2v) is 13.6. The molecular formula is C46H29NOS. The fourth-order valence-corrected chi connectivity index (χ4v) is 8.51. The zero-order valence-electron chi connectivity index (χ0n) is 26.5. The van der Waals surface area contributed by atoms with Gasteiger partial charge >= 0.3 is 0 Å². The number of fused-ring (bicyclic) bond motifs is 8. The number of para-hydroxylation sites is 2. The van der Waals surface area contributed by atoms with Crippen LogP contribution >= 0.6 is 11.3 Å². The molecule has 0 aliphatic heterocycles. The van der Waals surface area contributed by atoms with Crippen LogP contribution in [0.25, 0.3) is 75.1 Å². The molecule has 2 aromatic heterocycles. The van der Waals surface area contributed by atoms with Crippen molar-refractivity contribution >= 4 is 81.3 Å². The van der Waals surface area contributed by atoms with E-state index in [1.54, 1.807) is 0 Å². The summed E-state index contributed by atoms with van der Waals surface area (Å²) in [5.41, 5.74) is 9.93. The number of benzene rings is 8. The topological polar surface area (TPSA) is 16.4 Å². The minimum Gasteiger partial charge on any atom is -0.456 e. The standard InChI is InChI=1S/C46H29NOS/c1-3-11-30(12-4-1)40-28-34(47(33-13-5-2-6-14-33)35-23-25-38-37-15-8-10-18-44(37)49-45(38)29-35)22-24-36(40)32-20-19-31-21-26-43-46(41(31)27-32)39-16-7-9-17-42(39)48-43/h1-29H. The van der Waals surface area contributed by atoms with Gasteiger partial charge in [-0.05, 0) is 93.7 Å². The molecule has 0 fully saturated rings. The number of hydrogen-bond acceptors (Lipinski definition) is 3. The molecule has 0 unspecified atom stereocenters. The van der Waals surface area contributed by atoms with Crippen molar-refractivity contribution in [3.63, 3.8) is 0 Å². The lowest BCUT2D eigenvalue weighted by Gasteiger charge is -2.27. The van der Waals surface area contributed by atoms with Crippen LogP contribution in [0, 0.1) is 0 Å². The van der Waals surface area contributed by atoms with Crippen molar-refractivity contribution in [1.82, 2.24) is 0 Å². The Hall–Kier alpha value is -6.16. The van der Waals surface area contributed by atoms with Crippen LogP contribution in [0.3, 0.4) is 0 Å². The molecule has 2 nitrogen and oxygen atoms in total. The molecule has 0 atom stereocenters. The highest BCUT2D eigenvalue weighted by atomic mass is 32.1. The van der Waals surface area contributed by atoms with Gasteiger partial charge < -0.3 is 9.32 Å². The van der Waals surface area contributed by atoms with Crippen molar-refractivity contribution in [2.24, 2.45) is 0 Å². The van der Waals surface area contributed by atoms with Crippen molar-refractivity contribution < 1.29 is 4.42 Å². The molecule has 0 aliphatic carbocycles. The Balaban J connectivity index is 1.18. The fourth-order valence-electron chi connectivity index (χ4n) is 7.37. The number of furan rings is 1. The Morgan fingerprint density at radius 2 is 1.08 bits per heavy atom. The van der Waals surface area contributed by atoms with Gasteiger partial charge in [0.15, 0.2) is 0 Å². The maximum Gasteiger partial charge on any atom is 0.136 e. The Kier molecular flexibility index (Phi) is 6.39. The van der Waals surface area contributed by atoms with Crippen molar-refractivity contribution in [1.29, 1.82) is 0 Å². The van der Waals surface area contributed by atoms with E-state index in [0.29, 0.717) is 0 Å². The summed E-state index contributed by atoms with van der Waals surface area (Å²) < 4.78 is 8.86. The summed E-state index contributed by atoms with van der Waals surface area (Å²) in [6.45, 7) is 0. The van der Waals surface area contributed by atoms with Crippen molar-refractivity contribution in [3.05, 3.63) is 176 Å². The van der Waals surface area contributed by atoms with Crippen LogP contribution in [-0.4, -0.2) is 0 Å². The predicted molar refractivity (Wildman–Crippen MR) is 210 cm³/mol. The quantitative estimate of drug-likeness (QED) is 0.186. The van der Waals surface area contributed by atoms with Crippen molar-refractivity contribution in [2.75, 3.05) is 4.90 Å². The van der Waals surface area contributed by atoms with E-state index in [2.05, 4.69) is 169 Å². The number of hydrogen-bond donors (Lipinski definition) is 0. The van der Waals surface area contributed by atoms with Gasteiger partial charge in [-0.25, -0.2) is 0 Å². The first-order valence-corrected chi connectivity index (χ1v) is 17.4. The van der Waals surface area contributed by atoms with Crippen LogP contribution in [0.2, 0.25) is 0 Å². The van der Waals surface area contributed by atoms with E-state index in [1.807, 2.05) is 23.5 Å². The third-order valence-electron chi connectivity index (χ3n) is 9.65. The molecule has 0 amide bonds. The van der Waals surface area contributed by atoms with E-state index in [-0.39, 0.29) is 0 Å². The van der Waals surface area contributed by atoms with Gasteiger partial charge in [-0.15, -0.1) is 11.3 Å². The molecule has 49 heavy (non-hydrogen) atoms. The van der Waals surface area contributed by atoms with Crippen LogP contribution in [-0.2, 0) is 0 Å². The third kappa shape index (κ3) is 4.62. The van der Waals surface area contributed by atoms with Crippen LogP contribution in [0.5, 0.6) is 0 Å². The predicted octanol–water partition coefficient (Wildman–Crippen LogP) is 13.9. The van der Waals surface area contributed by atoms with Gasteiger partial charge in [0.2, 0.25) is 0 Å². The number of thiophene rings is 1. The van der Waals surface area contributed by atoms with Crippen molar-refractivity contribution in [2.45, 2.75) is 0 Å². The SMILES string of the molecule is c1ccc(-c2cc(N(c3ccccc3)c3ccc4c(c3)sc3ccccc34)ccc2-c2ccc3ccc4oc5ccccc5c4c3c2)cc1. The summed E-state index contributed by atoms with van der Waals surface area (Å²) in [6, 6.07) is 63.3. The lowest BCUT2D eigenvalue weighted by molar-refractivity contribution is 0.669. The van der Waals surface area contributed by atoms with E-state index in [0.717, 1.165) is 33.6 Å². The first-order valence-electron chi connectivity index (χ1n) is 16.6. The summed E-state index contributed by atoms with van der Waals surface area (Å²) in [7, 11) is 0. The zero-order valence-corrected chi connectivity index (χ0v) is 27.3. The highest BCUT2D eigenvalue weighted by Crippen LogP contribution is 2.44. The first-order chi connectivity index (χ1) is 24.3. The maximum absolute atomic E-state index is 6.26. The molecule has 0 aliphatic rings. The van der Waals surface area contributed by atoms with Gasteiger partial charge in [0.25, 0.3) is 0 Å². The molecule has 0 bridgehead atoms. The van der Waals surface area contributed by atoms with Gasteiger partial charge in [0.05, 0.1) is 0 Å². The van der Waals surface area contributed by atoms with E-state index in [1.165, 1.54) is 58.6 Å². The van der Waals surface area contributed by atoms with E-state index in [9.17, 15) is 0 Å². The lowest BCUT2D eigenvalue weighted by Crippen LogP contribution is -2.10. The molecular weight excluding hydrogens is 615 g/mol. The van der Waals surface area contributed by atoms with Crippen molar-refractivity contribution in [3.8, 4) is 22.3 Å². The minimum absolute atomic E-state index is 0.915. The highest BCUT2D eigenvalue weighted by Gasteiger charge is 2.18. The molecule has 0 spiro atoms. The molecule has 230 valence electrons. The van der Waals surface area contributed by atoms with Crippen LogP contribution in [0.1, 0.15) is 0 Å². The minimum atomic E-state index is 0.915. The van der Waals surface area contributed by atoms with E-state index < -0.39 is 0 Å². The van der Waals surface area contributed by atoms with Crippen LogP contribution in [0.4, 0.5) is 17.1 Å². The van der Waals surface area contributed by atoms with E-state index in [4.69, 9.17) is 4.42 Å². The smallest absolute Gasteiger partial charge is 0.136 e. The van der Waals surface area contributed by atoms with Gasteiger partial charge in [-0.3, -0.25) is 0 Å². The van der Waals surface area contributed by atoms with Gasteiger partial charge in [0.1, 0.15) is 11.2 Å². The molecule has 0 radical (unpaired) electrons. The second kappa shape index (κ2) is 11.2. The third-order valence-corrected chi connectivity index (χ3v) is 10.8. The summed E-state index contributed by atoms with van der Waals surface area (Å²) in [5, 5.41) is 7.33. The van der Waals surface area contributed by atoms with Gasteiger partial charge in [-0.1, -0.05) is 115 Å². The Morgan fingerprint density at radius 3 is 1.96 bits per heavy atom. The number of anilines is 3. The second-order valence-electron chi connectivity index (χ2n) is 12.5.